The lowest BCUT2D eigenvalue weighted by Crippen LogP contribution is -2.46. The van der Waals surface area contributed by atoms with Crippen molar-refractivity contribution >= 4 is 11.7 Å². The van der Waals surface area contributed by atoms with Gasteiger partial charge in [0, 0.05) is 25.5 Å². The third kappa shape index (κ3) is 3.49. The maximum atomic E-state index is 12.5. The molecule has 1 unspecified atom stereocenters. The number of hydrogen-bond donors (Lipinski definition) is 1. The van der Waals surface area contributed by atoms with Crippen LogP contribution in [0.2, 0.25) is 0 Å². The normalized spacial score (nSPS) is 22.1. The summed E-state index contributed by atoms with van der Waals surface area (Å²) in [6.45, 7) is 2.11. The van der Waals surface area contributed by atoms with Crippen molar-refractivity contribution in [2.24, 2.45) is 0 Å². The van der Waals surface area contributed by atoms with Gasteiger partial charge in [-0.1, -0.05) is 12.1 Å². The Morgan fingerprint density at radius 3 is 2.56 bits per heavy atom. The van der Waals surface area contributed by atoms with E-state index in [1.54, 1.807) is 18.5 Å². The van der Waals surface area contributed by atoms with Crippen LogP contribution in [-0.4, -0.2) is 52.1 Å². The van der Waals surface area contributed by atoms with Crippen molar-refractivity contribution in [3.8, 4) is 0 Å². The van der Waals surface area contributed by atoms with E-state index in [0.717, 1.165) is 25.1 Å². The summed E-state index contributed by atoms with van der Waals surface area (Å²) < 4.78 is 6.16. The second kappa shape index (κ2) is 6.80. The molecule has 2 aliphatic heterocycles. The van der Waals surface area contributed by atoms with Gasteiger partial charge in [-0.15, -0.1) is 0 Å². The highest BCUT2D eigenvalue weighted by Crippen LogP contribution is 2.37. The van der Waals surface area contributed by atoms with Crippen LogP contribution in [0.15, 0.2) is 48.8 Å². The van der Waals surface area contributed by atoms with E-state index in [-0.39, 0.29) is 17.6 Å². The van der Waals surface area contributed by atoms with Crippen LogP contribution in [0.4, 0.5) is 5.82 Å². The van der Waals surface area contributed by atoms with Gasteiger partial charge in [-0.25, -0.2) is 4.98 Å². The zero-order valence-corrected chi connectivity index (χ0v) is 14.1. The Labute approximate surface area is 147 Å². The third-order valence-electron chi connectivity index (χ3n) is 5.07. The number of hydrogen-bond acceptors (Lipinski definition) is 5. The summed E-state index contributed by atoms with van der Waals surface area (Å²) in [5.41, 5.74) is 0.397. The van der Waals surface area contributed by atoms with Gasteiger partial charge in [-0.3, -0.25) is 9.78 Å². The molecule has 1 amide bonds. The van der Waals surface area contributed by atoms with E-state index in [0.29, 0.717) is 25.4 Å². The third-order valence-corrected chi connectivity index (χ3v) is 5.07. The van der Waals surface area contributed by atoms with Crippen molar-refractivity contribution in [2.75, 3.05) is 25.0 Å². The molecule has 1 N–H and O–H groups in total. The van der Waals surface area contributed by atoms with E-state index in [1.165, 1.54) is 0 Å². The van der Waals surface area contributed by atoms with Crippen LogP contribution in [0.5, 0.6) is 0 Å². The molecule has 2 saturated heterocycles. The molecule has 4 rings (SSSR count). The molecule has 0 radical (unpaired) electrons. The van der Waals surface area contributed by atoms with Gasteiger partial charge in [-0.05, 0) is 43.5 Å². The molecule has 0 aromatic carbocycles. The van der Waals surface area contributed by atoms with Crippen LogP contribution in [0, 0.1) is 0 Å². The number of piperidine rings is 1. The number of anilines is 1. The number of amides is 1. The quantitative estimate of drug-likeness (QED) is 0.930. The minimum absolute atomic E-state index is 0.0107. The van der Waals surface area contributed by atoms with E-state index < -0.39 is 0 Å². The SMILES string of the molecule is O=C(c1ccccn1)N1CCC2(CC1)CC(Nc1ccccn1)CO2. The molecule has 6 nitrogen and oxygen atoms in total. The number of ether oxygens (including phenoxy) is 1. The van der Waals surface area contributed by atoms with E-state index in [1.807, 2.05) is 35.2 Å². The maximum absolute atomic E-state index is 12.5. The molecule has 2 aliphatic rings. The summed E-state index contributed by atoms with van der Waals surface area (Å²) in [7, 11) is 0. The Hall–Kier alpha value is -2.47. The number of nitrogens with one attached hydrogen (secondary N) is 1. The van der Waals surface area contributed by atoms with Crippen LogP contribution >= 0.6 is 0 Å². The van der Waals surface area contributed by atoms with Crippen molar-refractivity contribution in [2.45, 2.75) is 30.9 Å². The van der Waals surface area contributed by atoms with Crippen LogP contribution in [0.25, 0.3) is 0 Å². The van der Waals surface area contributed by atoms with Gasteiger partial charge < -0.3 is 15.0 Å². The number of likely N-dealkylation sites (tertiary alicyclic amines) is 1. The Morgan fingerprint density at radius 1 is 1.12 bits per heavy atom. The lowest BCUT2D eigenvalue weighted by molar-refractivity contribution is -0.0389. The molecule has 6 heteroatoms. The first kappa shape index (κ1) is 16.0. The molecule has 4 heterocycles. The molecule has 0 bridgehead atoms. The van der Waals surface area contributed by atoms with Gasteiger partial charge in [0.25, 0.3) is 5.91 Å². The number of nitrogens with zero attached hydrogens (tertiary/aromatic N) is 3. The first-order chi connectivity index (χ1) is 12.2. The lowest BCUT2D eigenvalue weighted by Gasteiger charge is -2.38. The minimum atomic E-state index is -0.118. The Bertz CT molecular complexity index is 715. The highest BCUT2D eigenvalue weighted by atomic mass is 16.5. The van der Waals surface area contributed by atoms with Crippen molar-refractivity contribution in [1.29, 1.82) is 0 Å². The van der Waals surface area contributed by atoms with Gasteiger partial charge in [0.1, 0.15) is 11.5 Å². The molecule has 130 valence electrons. The molecular formula is C19H22N4O2. The van der Waals surface area contributed by atoms with E-state index >= 15 is 0 Å². The Balaban J connectivity index is 1.33. The van der Waals surface area contributed by atoms with Crippen molar-refractivity contribution in [1.82, 2.24) is 14.9 Å². The predicted octanol–water partition coefficient (Wildman–Crippen LogP) is 2.35. The Morgan fingerprint density at radius 2 is 1.88 bits per heavy atom. The summed E-state index contributed by atoms with van der Waals surface area (Å²) in [5.74, 6) is 0.896. The van der Waals surface area contributed by atoms with Crippen LogP contribution in [0.3, 0.4) is 0 Å². The van der Waals surface area contributed by atoms with Gasteiger partial charge >= 0.3 is 0 Å². The van der Waals surface area contributed by atoms with Gasteiger partial charge in [0.2, 0.25) is 0 Å². The summed E-state index contributed by atoms with van der Waals surface area (Å²) in [6.07, 6.45) is 6.13. The van der Waals surface area contributed by atoms with Crippen LogP contribution in [0.1, 0.15) is 29.8 Å². The summed E-state index contributed by atoms with van der Waals surface area (Å²) in [5, 5.41) is 3.45. The van der Waals surface area contributed by atoms with Crippen LogP contribution < -0.4 is 5.32 Å². The van der Waals surface area contributed by atoms with E-state index in [2.05, 4.69) is 15.3 Å². The monoisotopic (exact) mass is 338 g/mol. The molecule has 2 aromatic heterocycles. The average molecular weight is 338 g/mol. The molecular weight excluding hydrogens is 316 g/mol. The molecule has 0 aliphatic carbocycles. The molecule has 2 aromatic rings. The second-order valence-corrected chi connectivity index (χ2v) is 6.76. The topological polar surface area (TPSA) is 67.4 Å². The lowest BCUT2D eigenvalue weighted by atomic mass is 9.87. The number of rotatable bonds is 3. The molecule has 0 saturated carbocycles. The van der Waals surface area contributed by atoms with E-state index in [9.17, 15) is 4.79 Å². The zero-order chi connectivity index (χ0) is 17.1. The number of aromatic nitrogens is 2. The van der Waals surface area contributed by atoms with Crippen molar-refractivity contribution in [3.63, 3.8) is 0 Å². The Kier molecular flexibility index (Phi) is 4.36. The highest BCUT2D eigenvalue weighted by Gasteiger charge is 2.43. The minimum Gasteiger partial charge on any atom is -0.373 e. The number of carbonyl (C=O) groups is 1. The fraction of sp³-hybridized carbons (Fsp3) is 0.421. The van der Waals surface area contributed by atoms with E-state index in [4.69, 9.17) is 4.74 Å². The van der Waals surface area contributed by atoms with Gasteiger partial charge in [0.15, 0.2) is 0 Å². The molecule has 25 heavy (non-hydrogen) atoms. The average Bonchev–Trinajstić information content (AvgIpc) is 3.05. The van der Waals surface area contributed by atoms with Crippen molar-refractivity contribution in [3.05, 3.63) is 54.5 Å². The first-order valence-electron chi connectivity index (χ1n) is 8.76. The standard InChI is InChI=1S/C19H22N4O2/c24-18(16-5-1-3-9-20-16)23-11-7-19(8-12-23)13-15(14-25-19)22-17-6-2-4-10-21-17/h1-6,9-10,15H,7-8,11-14H2,(H,21,22). The molecule has 1 atom stereocenters. The predicted molar refractivity (Wildman–Crippen MR) is 94.3 cm³/mol. The number of carbonyl (C=O) groups excluding carboxylic acids is 1. The summed E-state index contributed by atoms with van der Waals surface area (Å²) in [4.78, 5) is 22.9. The maximum Gasteiger partial charge on any atom is 0.272 e. The van der Waals surface area contributed by atoms with Crippen molar-refractivity contribution < 1.29 is 9.53 Å². The largest absolute Gasteiger partial charge is 0.373 e. The smallest absolute Gasteiger partial charge is 0.272 e. The van der Waals surface area contributed by atoms with Crippen LogP contribution in [-0.2, 0) is 4.74 Å². The molecule has 2 fully saturated rings. The highest BCUT2D eigenvalue weighted by molar-refractivity contribution is 5.92. The van der Waals surface area contributed by atoms with Gasteiger partial charge in [0.05, 0.1) is 18.2 Å². The zero-order valence-electron chi connectivity index (χ0n) is 14.1. The fourth-order valence-corrected chi connectivity index (χ4v) is 3.71. The first-order valence-corrected chi connectivity index (χ1v) is 8.76. The fourth-order valence-electron chi connectivity index (χ4n) is 3.71. The summed E-state index contributed by atoms with van der Waals surface area (Å²) in [6, 6.07) is 11.6. The number of pyridine rings is 2. The van der Waals surface area contributed by atoms with Gasteiger partial charge in [-0.2, -0.15) is 0 Å². The second-order valence-electron chi connectivity index (χ2n) is 6.76. The summed E-state index contributed by atoms with van der Waals surface area (Å²) >= 11 is 0. The molecule has 1 spiro atoms.